The molecule has 0 aliphatic rings. The minimum Gasteiger partial charge on any atom is -0.508 e. The van der Waals surface area contributed by atoms with E-state index in [-0.39, 0.29) is 5.75 Å². The largest absolute Gasteiger partial charge is 0.508 e. The lowest BCUT2D eigenvalue weighted by atomic mass is 10.2. The highest BCUT2D eigenvalue weighted by molar-refractivity contribution is 5.55. The van der Waals surface area contributed by atoms with Crippen LogP contribution in [0.15, 0.2) is 52.9 Å². The predicted molar refractivity (Wildman–Crippen MR) is 88.4 cm³/mol. The molecule has 0 aliphatic carbocycles. The van der Waals surface area contributed by atoms with Crippen molar-refractivity contribution in [3.63, 3.8) is 0 Å². The summed E-state index contributed by atoms with van der Waals surface area (Å²) in [4.78, 5) is 4.51. The number of nitrogens with zero attached hydrogens (tertiary/aromatic N) is 1. The van der Waals surface area contributed by atoms with Gasteiger partial charge in [0.25, 0.3) is 0 Å². The number of nitrogen functional groups attached to an aromatic ring is 1. The molecular weight excluding hydrogens is 292 g/mol. The molecule has 0 amide bonds. The summed E-state index contributed by atoms with van der Waals surface area (Å²) < 4.78 is 11.4. The maximum absolute atomic E-state index is 9.33. The van der Waals surface area contributed by atoms with Gasteiger partial charge in [-0.3, -0.25) is 0 Å². The Morgan fingerprint density at radius 3 is 2.48 bits per heavy atom. The molecule has 0 spiro atoms. The van der Waals surface area contributed by atoms with Crippen LogP contribution in [0.5, 0.6) is 11.5 Å². The van der Waals surface area contributed by atoms with E-state index in [1.54, 1.807) is 36.4 Å². The van der Waals surface area contributed by atoms with Crippen molar-refractivity contribution in [3.05, 3.63) is 60.0 Å². The molecule has 5 heteroatoms. The van der Waals surface area contributed by atoms with Crippen LogP contribution in [0.25, 0.3) is 11.5 Å². The summed E-state index contributed by atoms with van der Waals surface area (Å²) in [6.07, 6.45) is 0.651. The van der Waals surface area contributed by atoms with Crippen molar-refractivity contribution in [1.82, 2.24) is 4.98 Å². The van der Waals surface area contributed by atoms with E-state index in [0.29, 0.717) is 24.6 Å². The van der Waals surface area contributed by atoms with Crippen LogP contribution in [-0.4, -0.2) is 16.7 Å². The molecule has 5 nitrogen and oxygen atoms in total. The maximum Gasteiger partial charge on any atom is 0.226 e. The highest BCUT2D eigenvalue weighted by atomic mass is 16.5. The molecule has 1 aromatic heterocycles. The van der Waals surface area contributed by atoms with Crippen molar-refractivity contribution in [3.8, 4) is 23.0 Å². The van der Waals surface area contributed by atoms with Gasteiger partial charge in [0.2, 0.25) is 5.89 Å². The van der Waals surface area contributed by atoms with Crippen LogP contribution < -0.4 is 10.5 Å². The van der Waals surface area contributed by atoms with Crippen LogP contribution in [0.4, 0.5) is 5.69 Å². The quantitative estimate of drug-likeness (QED) is 0.704. The molecule has 0 saturated heterocycles. The SMILES string of the molecule is Cc1oc(-c2ccc(O)cc2)nc1CCOc1ccc(N)cc1. The third-order valence-corrected chi connectivity index (χ3v) is 3.49. The molecule has 0 radical (unpaired) electrons. The molecule has 3 rings (SSSR count). The summed E-state index contributed by atoms with van der Waals surface area (Å²) in [7, 11) is 0. The summed E-state index contributed by atoms with van der Waals surface area (Å²) in [5, 5.41) is 9.33. The molecule has 0 aliphatic heterocycles. The number of nitrogens with two attached hydrogens (primary N) is 1. The highest BCUT2D eigenvalue weighted by Crippen LogP contribution is 2.24. The Bertz CT molecular complexity index is 777. The van der Waals surface area contributed by atoms with Crippen LogP contribution in [0.2, 0.25) is 0 Å². The molecule has 0 atom stereocenters. The molecule has 118 valence electrons. The zero-order valence-corrected chi connectivity index (χ0v) is 12.8. The van der Waals surface area contributed by atoms with Gasteiger partial charge >= 0.3 is 0 Å². The second-order valence-electron chi connectivity index (χ2n) is 5.24. The molecule has 1 heterocycles. The molecule has 3 N–H and O–H groups in total. The van der Waals surface area contributed by atoms with Crippen molar-refractivity contribution >= 4 is 5.69 Å². The number of aromatic nitrogens is 1. The van der Waals surface area contributed by atoms with E-state index in [0.717, 1.165) is 22.8 Å². The average Bonchev–Trinajstić information content (AvgIpc) is 2.91. The number of oxazole rings is 1. The van der Waals surface area contributed by atoms with Crippen molar-refractivity contribution < 1.29 is 14.3 Å². The van der Waals surface area contributed by atoms with Crippen LogP contribution in [-0.2, 0) is 6.42 Å². The molecular formula is C18H18N2O3. The summed E-state index contributed by atoms with van der Waals surface area (Å²) in [6.45, 7) is 2.39. The zero-order chi connectivity index (χ0) is 16.2. The lowest BCUT2D eigenvalue weighted by Crippen LogP contribution is -2.02. The number of ether oxygens (including phenoxy) is 1. The van der Waals surface area contributed by atoms with Crippen LogP contribution in [0.1, 0.15) is 11.5 Å². The van der Waals surface area contributed by atoms with Crippen molar-refractivity contribution in [1.29, 1.82) is 0 Å². The van der Waals surface area contributed by atoms with E-state index < -0.39 is 0 Å². The lowest BCUT2D eigenvalue weighted by molar-refractivity contribution is 0.320. The maximum atomic E-state index is 9.33. The molecule has 0 saturated carbocycles. The van der Waals surface area contributed by atoms with Gasteiger partial charge in [-0.2, -0.15) is 0 Å². The summed E-state index contributed by atoms with van der Waals surface area (Å²) in [6, 6.07) is 14.1. The number of phenolic OH excluding ortho intramolecular Hbond substituents is 1. The van der Waals surface area contributed by atoms with Crippen molar-refractivity contribution in [2.24, 2.45) is 0 Å². The lowest BCUT2D eigenvalue weighted by Gasteiger charge is -2.05. The van der Waals surface area contributed by atoms with Gasteiger partial charge in [-0.15, -0.1) is 0 Å². The van der Waals surface area contributed by atoms with Gasteiger partial charge in [0.1, 0.15) is 17.3 Å². The molecule has 23 heavy (non-hydrogen) atoms. The number of benzene rings is 2. The fraction of sp³-hybridized carbons (Fsp3) is 0.167. The van der Waals surface area contributed by atoms with E-state index in [1.807, 2.05) is 19.1 Å². The number of hydrogen-bond acceptors (Lipinski definition) is 5. The fourth-order valence-electron chi connectivity index (χ4n) is 2.22. The van der Waals surface area contributed by atoms with Crippen molar-refractivity contribution in [2.75, 3.05) is 12.3 Å². The Kier molecular flexibility index (Phi) is 4.19. The smallest absolute Gasteiger partial charge is 0.226 e. The Morgan fingerprint density at radius 1 is 1.09 bits per heavy atom. The van der Waals surface area contributed by atoms with Gasteiger partial charge in [-0.25, -0.2) is 4.98 Å². The van der Waals surface area contributed by atoms with E-state index in [1.165, 1.54) is 0 Å². The van der Waals surface area contributed by atoms with E-state index in [9.17, 15) is 5.11 Å². The van der Waals surface area contributed by atoms with Gasteiger partial charge in [-0.1, -0.05) is 0 Å². The van der Waals surface area contributed by atoms with Gasteiger partial charge in [0.05, 0.1) is 12.3 Å². The predicted octanol–water partition coefficient (Wildman–Crippen LogP) is 3.56. The van der Waals surface area contributed by atoms with Crippen LogP contribution >= 0.6 is 0 Å². The standard InChI is InChI=1S/C18H18N2O3/c1-12-17(10-11-22-16-8-4-14(19)5-9-16)20-18(23-12)13-2-6-15(21)7-3-13/h2-9,21H,10-11,19H2,1H3. The Morgan fingerprint density at radius 2 is 1.78 bits per heavy atom. The second kappa shape index (κ2) is 6.44. The number of anilines is 1. The third kappa shape index (κ3) is 3.63. The Balaban J connectivity index is 1.64. The average molecular weight is 310 g/mol. The topological polar surface area (TPSA) is 81.5 Å². The second-order valence-corrected chi connectivity index (χ2v) is 5.24. The minimum atomic E-state index is 0.217. The number of rotatable bonds is 5. The minimum absolute atomic E-state index is 0.217. The number of aryl methyl sites for hydroxylation is 1. The van der Waals surface area contributed by atoms with Gasteiger partial charge in [0.15, 0.2) is 0 Å². The molecule has 0 fully saturated rings. The molecule has 0 unspecified atom stereocenters. The highest BCUT2D eigenvalue weighted by Gasteiger charge is 2.11. The van der Waals surface area contributed by atoms with Gasteiger partial charge in [-0.05, 0) is 55.5 Å². The first-order chi connectivity index (χ1) is 11.1. The molecule has 2 aromatic carbocycles. The summed E-state index contributed by atoms with van der Waals surface area (Å²) in [5.41, 5.74) is 8.05. The number of hydrogen-bond donors (Lipinski definition) is 2. The van der Waals surface area contributed by atoms with Gasteiger partial charge in [0, 0.05) is 17.7 Å². The number of aromatic hydroxyl groups is 1. The number of phenols is 1. The zero-order valence-electron chi connectivity index (χ0n) is 12.8. The molecule has 0 bridgehead atoms. The van der Waals surface area contributed by atoms with E-state index in [2.05, 4.69) is 4.98 Å². The molecule has 3 aromatic rings. The Hall–Kier alpha value is -2.95. The monoisotopic (exact) mass is 310 g/mol. The van der Waals surface area contributed by atoms with Crippen LogP contribution in [0, 0.1) is 6.92 Å². The third-order valence-electron chi connectivity index (χ3n) is 3.49. The summed E-state index contributed by atoms with van der Waals surface area (Å²) in [5.74, 6) is 2.31. The Labute approximate surface area is 134 Å². The van der Waals surface area contributed by atoms with Gasteiger partial charge < -0.3 is 20.0 Å². The normalized spacial score (nSPS) is 10.7. The fourth-order valence-corrected chi connectivity index (χ4v) is 2.22. The van der Waals surface area contributed by atoms with E-state index in [4.69, 9.17) is 14.9 Å². The first kappa shape index (κ1) is 15.0. The van der Waals surface area contributed by atoms with Crippen LogP contribution in [0.3, 0.4) is 0 Å². The first-order valence-corrected chi connectivity index (χ1v) is 7.36. The van der Waals surface area contributed by atoms with Crippen molar-refractivity contribution in [2.45, 2.75) is 13.3 Å². The summed E-state index contributed by atoms with van der Waals surface area (Å²) >= 11 is 0. The van der Waals surface area contributed by atoms with E-state index >= 15 is 0 Å². The first-order valence-electron chi connectivity index (χ1n) is 7.36.